The average Bonchev–Trinajstić information content (AvgIpc) is 3.28. The SMILES string of the molecule is O=C(NCCNc1cc(-c2ccccc2Cl)nc2c(Br)cnn12)C1(c2ccccc2)CCCCC1. The van der Waals surface area contributed by atoms with Gasteiger partial charge in [0.05, 0.1) is 21.8 Å². The van der Waals surface area contributed by atoms with Crippen LogP contribution in [0.3, 0.4) is 0 Å². The Hall–Kier alpha value is -2.90. The largest absolute Gasteiger partial charge is 0.368 e. The van der Waals surface area contributed by atoms with Crippen LogP contribution in [0.5, 0.6) is 0 Å². The van der Waals surface area contributed by atoms with E-state index in [2.05, 4.69) is 43.8 Å². The average molecular weight is 553 g/mol. The van der Waals surface area contributed by atoms with E-state index >= 15 is 0 Å². The molecular weight excluding hydrogens is 526 g/mol. The van der Waals surface area contributed by atoms with Gasteiger partial charge in [-0.05, 0) is 40.4 Å². The number of hydrogen-bond acceptors (Lipinski definition) is 4. The highest BCUT2D eigenvalue weighted by Gasteiger charge is 2.40. The third kappa shape index (κ3) is 4.80. The number of carbonyl (C=O) groups is 1. The predicted molar refractivity (Wildman–Crippen MR) is 144 cm³/mol. The molecule has 0 bridgehead atoms. The van der Waals surface area contributed by atoms with Crippen LogP contribution in [0, 0.1) is 0 Å². The van der Waals surface area contributed by atoms with Crippen molar-refractivity contribution < 1.29 is 4.79 Å². The maximum Gasteiger partial charge on any atom is 0.230 e. The van der Waals surface area contributed by atoms with Crippen LogP contribution >= 0.6 is 27.5 Å². The molecular formula is C27H27BrClN5O. The molecule has 2 aromatic heterocycles. The van der Waals surface area contributed by atoms with Gasteiger partial charge in [0.2, 0.25) is 5.91 Å². The summed E-state index contributed by atoms with van der Waals surface area (Å²) < 4.78 is 2.55. The summed E-state index contributed by atoms with van der Waals surface area (Å²) in [5.74, 6) is 0.893. The van der Waals surface area contributed by atoms with Crippen LogP contribution in [0.15, 0.2) is 71.3 Å². The molecule has 0 atom stereocenters. The van der Waals surface area contributed by atoms with Crippen molar-refractivity contribution >= 4 is 44.9 Å². The lowest BCUT2D eigenvalue weighted by molar-refractivity contribution is -0.128. The Morgan fingerprint density at radius 3 is 2.54 bits per heavy atom. The second kappa shape index (κ2) is 10.4. The fraction of sp³-hybridized carbons (Fsp3) is 0.296. The Morgan fingerprint density at radius 1 is 1.03 bits per heavy atom. The number of aromatic nitrogens is 3. The second-order valence-electron chi connectivity index (χ2n) is 8.93. The molecule has 0 aliphatic heterocycles. The van der Waals surface area contributed by atoms with Crippen LogP contribution in [0.4, 0.5) is 5.82 Å². The van der Waals surface area contributed by atoms with Crippen LogP contribution in [0.25, 0.3) is 16.9 Å². The summed E-state index contributed by atoms with van der Waals surface area (Å²) in [6.45, 7) is 1.05. The Morgan fingerprint density at radius 2 is 1.77 bits per heavy atom. The fourth-order valence-corrected chi connectivity index (χ4v) is 5.54. The molecule has 2 aromatic carbocycles. The number of nitrogens with zero attached hydrogens (tertiary/aromatic N) is 3. The maximum atomic E-state index is 13.4. The first-order valence-electron chi connectivity index (χ1n) is 12.0. The molecule has 1 aliphatic carbocycles. The van der Waals surface area contributed by atoms with Gasteiger partial charge in [-0.15, -0.1) is 0 Å². The van der Waals surface area contributed by atoms with E-state index in [1.807, 2.05) is 48.5 Å². The third-order valence-corrected chi connectivity index (χ3v) is 7.65. The monoisotopic (exact) mass is 551 g/mol. The molecule has 0 radical (unpaired) electrons. The van der Waals surface area contributed by atoms with Gasteiger partial charge in [-0.2, -0.15) is 9.61 Å². The molecule has 1 aliphatic rings. The summed E-state index contributed by atoms with van der Waals surface area (Å²) in [7, 11) is 0. The van der Waals surface area contributed by atoms with Crippen LogP contribution < -0.4 is 10.6 Å². The van der Waals surface area contributed by atoms with E-state index < -0.39 is 5.41 Å². The predicted octanol–water partition coefficient (Wildman–Crippen LogP) is 6.24. The molecule has 4 aromatic rings. The first kappa shape index (κ1) is 23.8. The molecule has 0 saturated heterocycles. The van der Waals surface area contributed by atoms with Crippen molar-refractivity contribution in [3.05, 3.63) is 81.9 Å². The van der Waals surface area contributed by atoms with E-state index in [4.69, 9.17) is 16.6 Å². The van der Waals surface area contributed by atoms with Crippen LogP contribution in [0.2, 0.25) is 5.02 Å². The normalized spacial score (nSPS) is 15.1. The highest BCUT2D eigenvalue weighted by Crippen LogP contribution is 2.39. The van der Waals surface area contributed by atoms with Gasteiger partial charge < -0.3 is 10.6 Å². The molecule has 180 valence electrons. The van der Waals surface area contributed by atoms with E-state index in [0.717, 1.165) is 52.8 Å². The first-order valence-corrected chi connectivity index (χ1v) is 13.1. The highest BCUT2D eigenvalue weighted by atomic mass is 79.9. The fourth-order valence-electron chi connectivity index (χ4n) is 4.96. The zero-order chi connectivity index (χ0) is 24.3. The Balaban J connectivity index is 1.32. The van der Waals surface area contributed by atoms with E-state index in [1.165, 1.54) is 6.42 Å². The number of fused-ring (bicyclic) bond motifs is 1. The number of anilines is 1. The number of halogens is 2. The topological polar surface area (TPSA) is 71.3 Å². The molecule has 1 amide bonds. The molecule has 35 heavy (non-hydrogen) atoms. The molecule has 2 N–H and O–H groups in total. The van der Waals surface area contributed by atoms with Gasteiger partial charge >= 0.3 is 0 Å². The zero-order valence-corrected chi connectivity index (χ0v) is 21.6. The van der Waals surface area contributed by atoms with Gasteiger partial charge in [0.15, 0.2) is 5.65 Å². The summed E-state index contributed by atoms with van der Waals surface area (Å²) in [4.78, 5) is 18.2. The van der Waals surface area contributed by atoms with Crippen molar-refractivity contribution in [1.82, 2.24) is 19.9 Å². The zero-order valence-electron chi connectivity index (χ0n) is 19.3. The van der Waals surface area contributed by atoms with Gasteiger partial charge in [0.1, 0.15) is 5.82 Å². The van der Waals surface area contributed by atoms with Gasteiger partial charge in [0, 0.05) is 29.7 Å². The standard InChI is InChI=1S/C27H27BrClN5O/c28-21-18-32-34-24(17-23(33-25(21)34)20-11-5-6-12-22(20)29)30-15-16-31-26(35)27(13-7-2-8-14-27)19-9-3-1-4-10-19/h1,3-6,9-12,17-18,30H,2,7-8,13-16H2,(H,31,35). The van der Waals surface area contributed by atoms with Gasteiger partial charge in [0.25, 0.3) is 0 Å². The quantitative estimate of drug-likeness (QED) is 0.266. The lowest BCUT2D eigenvalue weighted by atomic mass is 9.68. The molecule has 6 nitrogen and oxygen atoms in total. The molecule has 0 unspecified atom stereocenters. The number of amides is 1. The van der Waals surface area contributed by atoms with Crippen molar-refractivity contribution in [3.63, 3.8) is 0 Å². The van der Waals surface area contributed by atoms with Crippen molar-refractivity contribution in [2.45, 2.75) is 37.5 Å². The minimum Gasteiger partial charge on any atom is -0.368 e. The Kier molecular flexibility index (Phi) is 7.07. The summed E-state index contributed by atoms with van der Waals surface area (Å²) in [5.41, 5.74) is 2.98. The summed E-state index contributed by atoms with van der Waals surface area (Å²) >= 11 is 9.97. The number of carbonyl (C=O) groups excluding carboxylic acids is 1. The summed E-state index contributed by atoms with van der Waals surface area (Å²) in [6, 6.07) is 19.8. The lowest BCUT2D eigenvalue weighted by Gasteiger charge is -2.36. The lowest BCUT2D eigenvalue weighted by Crippen LogP contribution is -2.47. The Bertz CT molecular complexity index is 1330. The van der Waals surface area contributed by atoms with Crippen molar-refractivity contribution in [2.24, 2.45) is 0 Å². The van der Waals surface area contributed by atoms with Crippen molar-refractivity contribution in [1.29, 1.82) is 0 Å². The summed E-state index contributed by atoms with van der Waals surface area (Å²) in [5, 5.41) is 11.7. The highest BCUT2D eigenvalue weighted by molar-refractivity contribution is 9.10. The smallest absolute Gasteiger partial charge is 0.230 e. The number of hydrogen-bond donors (Lipinski definition) is 2. The van der Waals surface area contributed by atoms with Gasteiger partial charge in [-0.1, -0.05) is 79.4 Å². The van der Waals surface area contributed by atoms with Crippen LogP contribution in [-0.4, -0.2) is 33.6 Å². The van der Waals surface area contributed by atoms with E-state index in [1.54, 1.807) is 10.7 Å². The molecule has 8 heteroatoms. The molecule has 5 rings (SSSR count). The molecule has 1 fully saturated rings. The van der Waals surface area contributed by atoms with Crippen molar-refractivity contribution in [3.8, 4) is 11.3 Å². The van der Waals surface area contributed by atoms with Crippen LogP contribution in [-0.2, 0) is 10.2 Å². The number of rotatable bonds is 7. The summed E-state index contributed by atoms with van der Waals surface area (Å²) in [6.07, 6.45) is 6.85. The molecule has 0 spiro atoms. The van der Waals surface area contributed by atoms with E-state index in [9.17, 15) is 4.79 Å². The van der Waals surface area contributed by atoms with Gasteiger partial charge in [-0.3, -0.25) is 4.79 Å². The van der Waals surface area contributed by atoms with Crippen LogP contribution in [0.1, 0.15) is 37.7 Å². The van der Waals surface area contributed by atoms with Crippen molar-refractivity contribution in [2.75, 3.05) is 18.4 Å². The third-order valence-electron chi connectivity index (χ3n) is 6.76. The first-order chi connectivity index (χ1) is 17.1. The minimum absolute atomic E-state index is 0.115. The molecule has 1 saturated carbocycles. The minimum atomic E-state index is -0.437. The maximum absolute atomic E-state index is 13.4. The van der Waals surface area contributed by atoms with E-state index in [-0.39, 0.29) is 5.91 Å². The number of nitrogens with one attached hydrogen (secondary N) is 2. The van der Waals surface area contributed by atoms with E-state index in [0.29, 0.717) is 23.8 Å². The second-order valence-corrected chi connectivity index (χ2v) is 10.2. The number of benzene rings is 2. The molecule has 2 heterocycles. The Labute approximate surface area is 218 Å². The van der Waals surface area contributed by atoms with Gasteiger partial charge in [-0.25, -0.2) is 4.98 Å².